The van der Waals surface area contributed by atoms with Crippen molar-refractivity contribution in [2.24, 2.45) is 5.92 Å². The lowest BCUT2D eigenvalue weighted by molar-refractivity contribution is -0.123. The summed E-state index contributed by atoms with van der Waals surface area (Å²) in [7, 11) is 1.71. The number of likely N-dealkylation sites (tertiary alicyclic amines) is 1. The van der Waals surface area contributed by atoms with Gasteiger partial charge in [-0.1, -0.05) is 11.3 Å². The minimum atomic E-state index is -0.433. The SMILES string of the molecule is CCOC(=O)N1CCCC(C(=O)N(C)c2sc(-c3cncc(F)c3)nc2C)C1. The van der Waals surface area contributed by atoms with Gasteiger partial charge >= 0.3 is 6.09 Å². The Hall–Kier alpha value is -2.55. The van der Waals surface area contributed by atoms with Gasteiger partial charge in [-0.2, -0.15) is 0 Å². The van der Waals surface area contributed by atoms with E-state index in [9.17, 15) is 14.0 Å². The summed E-state index contributed by atoms with van der Waals surface area (Å²) < 4.78 is 18.5. The molecule has 7 nitrogen and oxygen atoms in total. The van der Waals surface area contributed by atoms with Crippen molar-refractivity contribution in [2.45, 2.75) is 26.7 Å². The molecule has 28 heavy (non-hydrogen) atoms. The van der Waals surface area contributed by atoms with E-state index in [1.165, 1.54) is 17.4 Å². The van der Waals surface area contributed by atoms with Crippen molar-refractivity contribution in [3.05, 3.63) is 30.0 Å². The Morgan fingerprint density at radius 3 is 2.93 bits per heavy atom. The molecule has 0 aliphatic carbocycles. The number of carbonyl (C=O) groups is 2. The second kappa shape index (κ2) is 8.64. The van der Waals surface area contributed by atoms with Crippen LogP contribution >= 0.6 is 11.3 Å². The zero-order valence-electron chi connectivity index (χ0n) is 16.1. The first kappa shape index (κ1) is 20.2. The van der Waals surface area contributed by atoms with Gasteiger partial charge in [0.15, 0.2) is 0 Å². The Bertz CT molecular complexity index is 873. The molecule has 2 aromatic heterocycles. The number of rotatable bonds is 4. The molecule has 1 fully saturated rings. The third kappa shape index (κ3) is 4.30. The van der Waals surface area contributed by atoms with E-state index in [0.29, 0.717) is 41.0 Å². The molecule has 150 valence electrons. The zero-order valence-corrected chi connectivity index (χ0v) is 17.0. The summed E-state index contributed by atoms with van der Waals surface area (Å²) in [4.78, 5) is 36.5. The van der Waals surface area contributed by atoms with E-state index in [4.69, 9.17) is 4.74 Å². The van der Waals surface area contributed by atoms with Crippen molar-refractivity contribution in [1.82, 2.24) is 14.9 Å². The molecule has 3 heterocycles. The molecular weight excluding hydrogens is 383 g/mol. The number of pyridine rings is 1. The highest BCUT2D eigenvalue weighted by Crippen LogP contribution is 2.35. The Balaban J connectivity index is 1.75. The van der Waals surface area contributed by atoms with Crippen LogP contribution in [0.5, 0.6) is 0 Å². The summed E-state index contributed by atoms with van der Waals surface area (Å²) in [5, 5.41) is 1.31. The van der Waals surface area contributed by atoms with E-state index in [1.807, 2.05) is 6.92 Å². The third-order valence-electron chi connectivity index (χ3n) is 4.66. The van der Waals surface area contributed by atoms with Gasteiger partial charge in [0.05, 0.1) is 24.4 Å². The molecule has 0 aromatic carbocycles. The van der Waals surface area contributed by atoms with Crippen LogP contribution in [0.2, 0.25) is 0 Å². The van der Waals surface area contributed by atoms with Gasteiger partial charge in [0.2, 0.25) is 5.91 Å². The van der Waals surface area contributed by atoms with Crippen molar-refractivity contribution < 1.29 is 18.7 Å². The molecule has 1 aliphatic heterocycles. The molecule has 1 atom stereocenters. The number of hydrogen-bond acceptors (Lipinski definition) is 6. The fraction of sp³-hybridized carbons (Fsp3) is 0.474. The summed E-state index contributed by atoms with van der Waals surface area (Å²) in [6.45, 7) is 4.84. The van der Waals surface area contributed by atoms with Gasteiger partial charge in [0, 0.05) is 31.9 Å². The number of thiazole rings is 1. The molecule has 9 heteroatoms. The highest BCUT2D eigenvalue weighted by Gasteiger charge is 2.32. The number of halogens is 1. The van der Waals surface area contributed by atoms with Gasteiger partial charge in [-0.15, -0.1) is 0 Å². The van der Waals surface area contributed by atoms with Crippen molar-refractivity contribution >= 4 is 28.3 Å². The van der Waals surface area contributed by atoms with E-state index < -0.39 is 5.82 Å². The van der Waals surface area contributed by atoms with Crippen molar-refractivity contribution in [3.8, 4) is 10.6 Å². The molecule has 1 aliphatic rings. The predicted molar refractivity (Wildman–Crippen MR) is 105 cm³/mol. The molecule has 2 aromatic rings. The van der Waals surface area contributed by atoms with Crippen LogP contribution in [0.15, 0.2) is 18.5 Å². The number of nitrogens with zero attached hydrogens (tertiary/aromatic N) is 4. The number of piperidine rings is 1. The number of carbonyl (C=O) groups excluding carboxylic acids is 2. The number of aromatic nitrogens is 2. The quantitative estimate of drug-likeness (QED) is 0.777. The number of aryl methyl sites for hydroxylation is 1. The second-order valence-corrected chi connectivity index (χ2v) is 7.66. The van der Waals surface area contributed by atoms with Gasteiger partial charge in [0.1, 0.15) is 15.8 Å². The largest absolute Gasteiger partial charge is 0.450 e. The number of anilines is 1. The standard InChI is InChI=1S/C19H23FN4O3S/c1-4-27-19(26)24-7-5-6-13(11-24)17(25)23(3)18-12(2)22-16(28-18)14-8-15(20)10-21-9-14/h8-10,13H,4-7,11H2,1-3H3. The average molecular weight is 406 g/mol. The van der Waals surface area contributed by atoms with E-state index in [2.05, 4.69) is 9.97 Å². The second-order valence-electron chi connectivity index (χ2n) is 6.68. The van der Waals surface area contributed by atoms with Crippen LogP contribution in [0.25, 0.3) is 10.6 Å². The van der Waals surface area contributed by atoms with E-state index in [0.717, 1.165) is 19.0 Å². The highest BCUT2D eigenvalue weighted by atomic mass is 32.1. The summed E-state index contributed by atoms with van der Waals surface area (Å²) >= 11 is 1.32. The number of hydrogen-bond donors (Lipinski definition) is 0. The van der Waals surface area contributed by atoms with Gasteiger partial charge in [0.25, 0.3) is 0 Å². The van der Waals surface area contributed by atoms with Crippen LogP contribution in [0.3, 0.4) is 0 Å². The Morgan fingerprint density at radius 1 is 1.43 bits per heavy atom. The molecule has 0 spiro atoms. The van der Waals surface area contributed by atoms with Crippen molar-refractivity contribution in [3.63, 3.8) is 0 Å². The number of amides is 2. The molecule has 0 radical (unpaired) electrons. The van der Waals surface area contributed by atoms with Crippen LogP contribution in [0.4, 0.5) is 14.2 Å². The van der Waals surface area contributed by atoms with Gasteiger partial charge < -0.3 is 14.5 Å². The number of ether oxygens (including phenoxy) is 1. The highest BCUT2D eigenvalue weighted by molar-refractivity contribution is 7.19. The Kier molecular flexibility index (Phi) is 6.23. The predicted octanol–water partition coefficient (Wildman–Crippen LogP) is 3.48. The fourth-order valence-corrected chi connectivity index (χ4v) is 4.30. The maximum absolute atomic E-state index is 13.5. The van der Waals surface area contributed by atoms with Gasteiger partial charge in [-0.3, -0.25) is 9.78 Å². The third-order valence-corrected chi connectivity index (χ3v) is 5.94. The van der Waals surface area contributed by atoms with Crippen LogP contribution in [0.1, 0.15) is 25.5 Å². The van der Waals surface area contributed by atoms with Crippen LogP contribution in [0, 0.1) is 18.7 Å². The minimum absolute atomic E-state index is 0.0651. The maximum atomic E-state index is 13.5. The molecular formula is C19H23FN4O3S. The molecule has 0 saturated carbocycles. The van der Waals surface area contributed by atoms with E-state index >= 15 is 0 Å². The molecule has 0 N–H and O–H groups in total. The van der Waals surface area contributed by atoms with Gasteiger partial charge in [-0.05, 0) is 32.8 Å². The molecule has 1 unspecified atom stereocenters. The normalized spacial score (nSPS) is 16.7. The smallest absolute Gasteiger partial charge is 0.409 e. The molecule has 3 rings (SSSR count). The summed E-state index contributed by atoms with van der Waals surface area (Å²) in [5.74, 6) is -0.786. The van der Waals surface area contributed by atoms with Crippen molar-refractivity contribution in [1.29, 1.82) is 0 Å². The summed E-state index contributed by atoms with van der Waals surface area (Å²) in [6, 6.07) is 1.37. The van der Waals surface area contributed by atoms with Gasteiger partial charge in [-0.25, -0.2) is 14.2 Å². The lowest BCUT2D eigenvalue weighted by atomic mass is 9.97. The maximum Gasteiger partial charge on any atom is 0.409 e. The van der Waals surface area contributed by atoms with Crippen LogP contribution in [-0.2, 0) is 9.53 Å². The average Bonchev–Trinajstić information content (AvgIpc) is 3.09. The first-order chi connectivity index (χ1) is 13.4. The topological polar surface area (TPSA) is 75.6 Å². The molecule has 1 saturated heterocycles. The van der Waals surface area contributed by atoms with Crippen molar-refractivity contribution in [2.75, 3.05) is 31.6 Å². The molecule has 2 amide bonds. The van der Waals surface area contributed by atoms with E-state index in [-0.39, 0.29) is 17.9 Å². The van der Waals surface area contributed by atoms with E-state index in [1.54, 1.807) is 30.0 Å². The van der Waals surface area contributed by atoms with Crippen LogP contribution < -0.4 is 4.90 Å². The molecule has 0 bridgehead atoms. The lowest BCUT2D eigenvalue weighted by Crippen LogP contribution is -2.46. The monoisotopic (exact) mass is 406 g/mol. The fourth-order valence-electron chi connectivity index (χ4n) is 3.29. The Labute approximate surface area is 167 Å². The first-order valence-corrected chi connectivity index (χ1v) is 10.00. The lowest BCUT2D eigenvalue weighted by Gasteiger charge is -2.33. The summed E-state index contributed by atoms with van der Waals surface area (Å²) in [5.41, 5.74) is 1.27. The van der Waals surface area contributed by atoms with Crippen LogP contribution in [-0.4, -0.2) is 53.6 Å². The zero-order chi connectivity index (χ0) is 20.3. The minimum Gasteiger partial charge on any atom is -0.450 e. The summed E-state index contributed by atoms with van der Waals surface area (Å²) in [6.07, 6.45) is 3.78. The Morgan fingerprint density at radius 2 is 2.21 bits per heavy atom. The first-order valence-electron chi connectivity index (χ1n) is 9.18.